The Hall–Kier alpha value is -0.380. The Morgan fingerprint density at radius 1 is 1.33 bits per heavy atom. The van der Waals surface area contributed by atoms with Crippen molar-refractivity contribution in [3.63, 3.8) is 0 Å². The molecule has 0 saturated carbocycles. The van der Waals surface area contributed by atoms with Crippen molar-refractivity contribution < 1.29 is 4.74 Å². The van der Waals surface area contributed by atoms with Crippen molar-refractivity contribution in [2.45, 2.75) is 58.7 Å². The Kier molecular flexibility index (Phi) is 4.82. The monoisotopic (exact) mass is 267 g/mol. The third-order valence-electron chi connectivity index (χ3n) is 3.73. The second kappa shape index (κ2) is 6.18. The topological polar surface area (TPSA) is 21.3 Å². The van der Waals surface area contributed by atoms with Crippen LogP contribution in [-0.4, -0.2) is 18.8 Å². The Morgan fingerprint density at radius 2 is 2.11 bits per heavy atom. The van der Waals surface area contributed by atoms with Gasteiger partial charge in [0.25, 0.3) is 0 Å². The summed E-state index contributed by atoms with van der Waals surface area (Å²) in [4.78, 5) is 2.84. The molecule has 18 heavy (non-hydrogen) atoms. The molecule has 0 radical (unpaired) electrons. The number of hydrogen-bond acceptors (Lipinski definition) is 3. The van der Waals surface area contributed by atoms with Gasteiger partial charge in [-0.25, -0.2) is 0 Å². The van der Waals surface area contributed by atoms with E-state index in [1.165, 1.54) is 9.75 Å². The minimum absolute atomic E-state index is 0.425. The molecule has 1 aliphatic heterocycles. The first kappa shape index (κ1) is 14.0. The Labute approximate surface area is 115 Å². The highest BCUT2D eigenvalue weighted by molar-refractivity contribution is 7.12. The SMILES string of the molecule is Cc1ccc(C(C)NC2CCOC(C(C)C)C2)s1. The summed E-state index contributed by atoms with van der Waals surface area (Å²) in [6.45, 7) is 9.84. The van der Waals surface area contributed by atoms with Gasteiger partial charge in [0.15, 0.2) is 0 Å². The lowest BCUT2D eigenvalue weighted by Gasteiger charge is -2.34. The van der Waals surface area contributed by atoms with Crippen molar-refractivity contribution in [1.82, 2.24) is 5.32 Å². The van der Waals surface area contributed by atoms with Gasteiger partial charge in [0.1, 0.15) is 0 Å². The van der Waals surface area contributed by atoms with E-state index < -0.39 is 0 Å². The molecule has 1 N–H and O–H groups in total. The van der Waals surface area contributed by atoms with E-state index in [-0.39, 0.29) is 0 Å². The van der Waals surface area contributed by atoms with E-state index in [0.29, 0.717) is 24.1 Å². The van der Waals surface area contributed by atoms with Crippen molar-refractivity contribution >= 4 is 11.3 Å². The maximum atomic E-state index is 5.82. The summed E-state index contributed by atoms with van der Waals surface area (Å²) in [5.41, 5.74) is 0. The van der Waals surface area contributed by atoms with Crippen molar-refractivity contribution in [2.24, 2.45) is 5.92 Å². The van der Waals surface area contributed by atoms with Crippen LogP contribution in [0.2, 0.25) is 0 Å². The van der Waals surface area contributed by atoms with Crippen LogP contribution >= 0.6 is 11.3 Å². The Bertz CT molecular complexity index is 374. The molecular weight excluding hydrogens is 242 g/mol. The van der Waals surface area contributed by atoms with E-state index in [1.54, 1.807) is 0 Å². The maximum Gasteiger partial charge on any atom is 0.0612 e. The van der Waals surface area contributed by atoms with Crippen LogP contribution in [0.15, 0.2) is 12.1 Å². The number of rotatable bonds is 4. The van der Waals surface area contributed by atoms with Crippen LogP contribution in [0, 0.1) is 12.8 Å². The van der Waals surface area contributed by atoms with Crippen LogP contribution in [0.3, 0.4) is 0 Å². The molecule has 3 atom stereocenters. The maximum absolute atomic E-state index is 5.82. The zero-order valence-corrected chi connectivity index (χ0v) is 12.7. The molecule has 3 unspecified atom stereocenters. The van der Waals surface area contributed by atoms with Crippen LogP contribution < -0.4 is 5.32 Å². The highest BCUT2D eigenvalue weighted by Gasteiger charge is 2.26. The fraction of sp³-hybridized carbons (Fsp3) is 0.733. The molecule has 0 spiro atoms. The molecule has 1 saturated heterocycles. The minimum atomic E-state index is 0.425. The number of nitrogens with one attached hydrogen (secondary N) is 1. The molecule has 3 heteroatoms. The smallest absolute Gasteiger partial charge is 0.0612 e. The van der Waals surface area contributed by atoms with Crippen molar-refractivity contribution in [3.05, 3.63) is 21.9 Å². The highest BCUT2D eigenvalue weighted by atomic mass is 32.1. The average Bonchev–Trinajstić information content (AvgIpc) is 2.76. The Balaban J connectivity index is 1.89. The van der Waals surface area contributed by atoms with E-state index in [9.17, 15) is 0 Å². The number of hydrogen-bond donors (Lipinski definition) is 1. The number of aryl methyl sites for hydroxylation is 1. The van der Waals surface area contributed by atoms with Gasteiger partial charge in [0.05, 0.1) is 6.10 Å². The summed E-state index contributed by atoms with van der Waals surface area (Å²) in [7, 11) is 0. The summed E-state index contributed by atoms with van der Waals surface area (Å²) < 4.78 is 5.82. The van der Waals surface area contributed by atoms with Crippen molar-refractivity contribution in [3.8, 4) is 0 Å². The number of ether oxygens (including phenoxy) is 1. The third kappa shape index (κ3) is 3.56. The van der Waals surface area contributed by atoms with Gasteiger partial charge in [-0.05, 0) is 44.7 Å². The molecule has 1 aliphatic rings. The fourth-order valence-electron chi connectivity index (χ4n) is 2.57. The van der Waals surface area contributed by atoms with E-state index in [0.717, 1.165) is 19.4 Å². The lowest BCUT2D eigenvalue weighted by Crippen LogP contribution is -2.41. The van der Waals surface area contributed by atoms with Gasteiger partial charge < -0.3 is 10.1 Å². The lowest BCUT2D eigenvalue weighted by atomic mass is 9.95. The highest BCUT2D eigenvalue weighted by Crippen LogP contribution is 2.26. The van der Waals surface area contributed by atoms with Crippen LogP contribution in [0.1, 0.15) is 49.4 Å². The molecule has 102 valence electrons. The predicted molar refractivity (Wildman–Crippen MR) is 78.2 cm³/mol. The molecular formula is C15H25NOS. The fourth-order valence-corrected chi connectivity index (χ4v) is 3.45. The largest absolute Gasteiger partial charge is 0.378 e. The minimum Gasteiger partial charge on any atom is -0.378 e. The molecule has 0 aliphatic carbocycles. The second-order valence-electron chi connectivity index (χ2n) is 5.71. The molecule has 2 rings (SSSR count). The third-order valence-corrected chi connectivity index (χ3v) is 4.92. The molecule has 2 heterocycles. The zero-order chi connectivity index (χ0) is 13.1. The predicted octanol–water partition coefficient (Wildman–Crippen LogP) is 3.91. The summed E-state index contributed by atoms with van der Waals surface area (Å²) in [6.07, 6.45) is 2.71. The first-order valence-electron chi connectivity index (χ1n) is 7.00. The normalized spacial score (nSPS) is 26.5. The summed E-state index contributed by atoms with van der Waals surface area (Å²) in [5, 5.41) is 3.76. The summed E-state index contributed by atoms with van der Waals surface area (Å²) in [6, 6.07) is 5.51. The van der Waals surface area contributed by atoms with Crippen LogP contribution in [0.5, 0.6) is 0 Å². The molecule has 1 aromatic rings. The molecule has 1 fully saturated rings. The summed E-state index contributed by atoms with van der Waals surface area (Å²) >= 11 is 1.90. The van der Waals surface area contributed by atoms with E-state index in [1.807, 2.05) is 11.3 Å². The van der Waals surface area contributed by atoms with Gasteiger partial charge in [-0.15, -0.1) is 11.3 Å². The van der Waals surface area contributed by atoms with Crippen LogP contribution in [0.4, 0.5) is 0 Å². The van der Waals surface area contributed by atoms with Gasteiger partial charge >= 0.3 is 0 Å². The summed E-state index contributed by atoms with van der Waals surface area (Å²) in [5.74, 6) is 0.619. The van der Waals surface area contributed by atoms with E-state index >= 15 is 0 Å². The lowest BCUT2D eigenvalue weighted by molar-refractivity contribution is -0.0256. The quantitative estimate of drug-likeness (QED) is 0.893. The van der Waals surface area contributed by atoms with Crippen molar-refractivity contribution in [2.75, 3.05) is 6.61 Å². The van der Waals surface area contributed by atoms with E-state index in [2.05, 4.69) is 45.1 Å². The van der Waals surface area contributed by atoms with Crippen LogP contribution in [0.25, 0.3) is 0 Å². The zero-order valence-electron chi connectivity index (χ0n) is 11.9. The Morgan fingerprint density at radius 3 is 2.72 bits per heavy atom. The van der Waals surface area contributed by atoms with E-state index in [4.69, 9.17) is 4.74 Å². The van der Waals surface area contributed by atoms with Gasteiger partial charge in [0, 0.05) is 28.4 Å². The molecule has 0 bridgehead atoms. The van der Waals surface area contributed by atoms with Gasteiger partial charge in [0.2, 0.25) is 0 Å². The second-order valence-corrected chi connectivity index (χ2v) is 7.03. The molecule has 0 amide bonds. The first-order chi connectivity index (χ1) is 8.56. The standard InChI is InChI=1S/C15H25NOS/c1-10(2)14-9-13(7-8-17-14)16-12(4)15-6-5-11(3)18-15/h5-6,10,12-14,16H,7-9H2,1-4H3. The van der Waals surface area contributed by atoms with Crippen LogP contribution in [-0.2, 0) is 4.74 Å². The average molecular weight is 267 g/mol. The molecule has 1 aromatic heterocycles. The van der Waals surface area contributed by atoms with Gasteiger partial charge in [-0.1, -0.05) is 13.8 Å². The number of thiophene rings is 1. The first-order valence-corrected chi connectivity index (χ1v) is 7.82. The molecule has 0 aromatic carbocycles. The van der Waals surface area contributed by atoms with Gasteiger partial charge in [-0.2, -0.15) is 0 Å². The molecule has 2 nitrogen and oxygen atoms in total. The van der Waals surface area contributed by atoms with Crippen molar-refractivity contribution in [1.29, 1.82) is 0 Å². The van der Waals surface area contributed by atoms with Gasteiger partial charge in [-0.3, -0.25) is 0 Å².